The minimum absolute atomic E-state index is 0.0809. The van der Waals surface area contributed by atoms with Gasteiger partial charge < -0.3 is 15.3 Å². The summed E-state index contributed by atoms with van der Waals surface area (Å²) < 4.78 is 0. The molecule has 2 amide bonds. The first-order chi connectivity index (χ1) is 12.8. The van der Waals surface area contributed by atoms with Crippen LogP contribution in [0, 0.1) is 11.3 Å². The number of hydrogen-bond acceptors (Lipinski definition) is 6. The minimum atomic E-state index is -1.43. The first kappa shape index (κ1) is 17.9. The summed E-state index contributed by atoms with van der Waals surface area (Å²) >= 11 is 0. The number of allylic oxidation sites excluding steroid dienone is 1. The van der Waals surface area contributed by atoms with Gasteiger partial charge in [-0.25, -0.2) is 9.80 Å². The molecule has 0 fully saturated rings. The number of benzene rings is 1. The maximum absolute atomic E-state index is 12.5. The van der Waals surface area contributed by atoms with E-state index in [1.807, 2.05) is 25.1 Å². The number of carbonyl (C=O) groups is 3. The number of likely N-dealkylation sites (N-methyl/N-ethyl adjacent to an activating group) is 1. The number of nitriles is 1. The van der Waals surface area contributed by atoms with Gasteiger partial charge in [0.1, 0.15) is 11.6 Å². The van der Waals surface area contributed by atoms with Crippen molar-refractivity contribution in [3.8, 4) is 6.07 Å². The molecule has 2 aliphatic rings. The van der Waals surface area contributed by atoms with E-state index in [-0.39, 0.29) is 22.4 Å². The lowest BCUT2D eigenvalue weighted by molar-refractivity contribution is -0.129. The summed E-state index contributed by atoms with van der Waals surface area (Å²) in [4.78, 5) is 38.2. The van der Waals surface area contributed by atoms with Gasteiger partial charge in [0.15, 0.2) is 5.71 Å². The summed E-state index contributed by atoms with van der Waals surface area (Å²) in [5, 5.41) is 25.9. The number of anilines is 1. The molecule has 2 N–H and O–H groups in total. The van der Waals surface area contributed by atoms with E-state index in [9.17, 15) is 24.8 Å². The van der Waals surface area contributed by atoms with E-state index < -0.39 is 23.5 Å². The lowest BCUT2D eigenvalue weighted by Gasteiger charge is -2.12. The summed E-state index contributed by atoms with van der Waals surface area (Å²) in [5.41, 5.74) is 0.414. The van der Waals surface area contributed by atoms with Gasteiger partial charge in [0, 0.05) is 26.8 Å². The number of carbonyl (C=O) groups excluding carboxylic acids is 2. The number of carboxylic acid groups (broad SMARTS) is 1. The van der Waals surface area contributed by atoms with E-state index in [1.54, 1.807) is 24.3 Å². The number of rotatable bonds is 3. The third kappa shape index (κ3) is 2.83. The molecule has 2 aliphatic heterocycles. The van der Waals surface area contributed by atoms with Crippen molar-refractivity contribution in [1.29, 1.82) is 5.26 Å². The number of amides is 2. The maximum atomic E-state index is 12.5. The molecule has 3 rings (SSSR count). The van der Waals surface area contributed by atoms with Gasteiger partial charge in [-0.15, -0.1) is 0 Å². The molecule has 9 nitrogen and oxygen atoms in total. The molecule has 0 spiro atoms. The zero-order chi connectivity index (χ0) is 19.9. The molecule has 9 heteroatoms. The van der Waals surface area contributed by atoms with Gasteiger partial charge in [-0.2, -0.15) is 10.4 Å². The fourth-order valence-corrected chi connectivity index (χ4v) is 2.86. The second kappa shape index (κ2) is 6.42. The Bertz CT molecular complexity index is 1010. The van der Waals surface area contributed by atoms with Crippen LogP contribution in [0.25, 0.3) is 5.57 Å². The first-order valence-corrected chi connectivity index (χ1v) is 7.84. The minimum Gasteiger partial charge on any atom is -0.476 e. The quantitative estimate of drug-likeness (QED) is 0.743. The number of hydrogen-bond donors (Lipinski definition) is 2. The highest BCUT2D eigenvalue weighted by Gasteiger charge is 2.40. The summed E-state index contributed by atoms with van der Waals surface area (Å²) in [6, 6.07) is 8.85. The van der Waals surface area contributed by atoms with E-state index in [2.05, 4.69) is 10.4 Å². The lowest BCUT2D eigenvalue weighted by Crippen LogP contribution is -2.26. The highest BCUT2D eigenvalue weighted by Crippen LogP contribution is 2.33. The van der Waals surface area contributed by atoms with Crippen molar-refractivity contribution in [2.24, 2.45) is 5.10 Å². The number of hydrazone groups is 1. The summed E-state index contributed by atoms with van der Waals surface area (Å²) in [5.74, 6) is -2.72. The van der Waals surface area contributed by atoms with Crippen molar-refractivity contribution in [2.75, 3.05) is 26.0 Å². The van der Waals surface area contributed by atoms with Crippen molar-refractivity contribution in [3.05, 3.63) is 46.7 Å². The average molecular weight is 365 g/mol. The standard InChI is InChI=1S/C18H15N5O4/c1-22(2)10-6-4-9(5-7-10)12-11(8-19)14(20-16(12)24)13-15(18(26)27)21-23(3)17(13)25/h4-7H,1-3H3,(H,20,24)(H,26,27)/b14-13+. The molecule has 0 aromatic heterocycles. The van der Waals surface area contributed by atoms with Crippen LogP contribution in [0.15, 0.2) is 46.2 Å². The number of aliphatic carboxylic acids is 1. The summed E-state index contributed by atoms with van der Waals surface area (Å²) in [7, 11) is 5.04. The Morgan fingerprint density at radius 3 is 2.37 bits per heavy atom. The van der Waals surface area contributed by atoms with Crippen LogP contribution in [0.4, 0.5) is 5.69 Å². The Morgan fingerprint density at radius 1 is 1.22 bits per heavy atom. The van der Waals surface area contributed by atoms with Crippen LogP contribution >= 0.6 is 0 Å². The third-order valence-corrected chi connectivity index (χ3v) is 4.20. The third-order valence-electron chi connectivity index (χ3n) is 4.20. The van der Waals surface area contributed by atoms with Gasteiger partial charge in [0.2, 0.25) is 0 Å². The SMILES string of the molecule is CN1N=C(C(=O)O)/C(=C2\NC(=O)C(c3ccc(N(C)C)cc3)=C2C#N)C1=O. The van der Waals surface area contributed by atoms with Crippen molar-refractivity contribution in [2.45, 2.75) is 0 Å². The normalized spacial score (nSPS) is 19.2. The van der Waals surface area contributed by atoms with Crippen molar-refractivity contribution >= 4 is 34.8 Å². The Hall–Kier alpha value is -3.93. The molecular formula is C18H15N5O4. The van der Waals surface area contributed by atoms with Crippen LogP contribution in [0.1, 0.15) is 5.56 Å². The molecule has 1 aromatic rings. The van der Waals surface area contributed by atoms with Gasteiger partial charge >= 0.3 is 5.97 Å². The number of nitrogens with zero attached hydrogens (tertiary/aromatic N) is 4. The molecule has 136 valence electrons. The van der Waals surface area contributed by atoms with Crippen LogP contribution < -0.4 is 10.2 Å². The van der Waals surface area contributed by atoms with Gasteiger partial charge in [-0.1, -0.05) is 12.1 Å². The largest absolute Gasteiger partial charge is 0.476 e. The van der Waals surface area contributed by atoms with Gasteiger partial charge in [-0.05, 0) is 17.7 Å². The van der Waals surface area contributed by atoms with Crippen molar-refractivity contribution in [3.63, 3.8) is 0 Å². The van der Waals surface area contributed by atoms with Gasteiger partial charge in [0.25, 0.3) is 11.8 Å². The van der Waals surface area contributed by atoms with E-state index in [4.69, 9.17) is 0 Å². The molecule has 0 saturated carbocycles. The Kier molecular flexibility index (Phi) is 4.25. The van der Waals surface area contributed by atoms with Crippen molar-refractivity contribution in [1.82, 2.24) is 10.3 Å². The van der Waals surface area contributed by atoms with Crippen LogP contribution in [0.2, 0.25) is 0 Å². The Morgan fingerprint density at radius 2 is 1.85 bits per heavy atom. The highest BCUT2D eigenvalue weighted by molar-refractivity contribution is 6.51. The highest BCUT2D eigenvalue weighted by atomic mass is 16.4. The van der Waals surface area contributed by atoms with Crippen molar-refractivity contribution < 1.29 is 19.5 Å². The second-order valence-electron chi connectivity index (χ2n) is 6.09. The Labute approximate surface area is 154 Å². The smallest absolute Gasteiger partial charge is 0.357 e. The predicted molar refractivity (Wildman–Crippen MR) is 96.3 cm³/mol. The number of nitrogens with one attached hydrogen (secondary N) is 1. The first-order valence-electron chi connectivity index (χ1n) is 7.84. The molecule has 0 bridgehead atoms. The van der Waals surface area contributed by atoms with Crippen LogP contribution in [0.5, 0.6) is 0 Å². The fraction of sp³-hybridized carbons (Fsp3) is 0.167. The van der Waals surface area contributed by atoms with E-state index >= 15 is 0 Å². The molecule has 1 aromatic carbocycles. The molecule has 2 heterocycles. The molecular weight excluding hydrogens is 350 g/mol. The zero-order valence-electron chi connectivity index (χ0n) is 14.8. The number of carboxylic acids is 1. The summed E-state index contributed by atoms with van der Waals surface area (Å²) in [6.07, 6.45) is 0. The molecule has 0 unspecified atom stereocenters. The molecule has 0 radical (unpaired) electrons. The van der Waals surface area contributed by atoms with Crippen LogP contribution in [-0.2, 0) is 14.4 Å². The predicted octanol–water partition coefficient (Wildman–Crippen LogP) is 0.326. The summed E-state index contributed by atoms with van der Waals surface area (Å²) in [6.45, 7) is 0. The van der Waals surface area contributed by atoms with Crippen LogP contribution in [-0.4, -0.2) is 54.8 Å². The monoisotopic (exact) mass is 365 g/mol. The Balaban J connectivity index is 2.20. The zero-order valence-corrected chi connectivity index (χ0v) is 14.8. The van der Waals surface area contributed by atoms with Crippen LogP contribution in [0.3, 0.4) is 0 Å². The van der Waals surface area contributed by atoms with E-state index in [1.165, 1.54) is 7.05 Å². The lowest BCUT2D eigenvalue weighted by atomic mass is 9.98. The molecule has 0 atom stereocenters. The van der Waals surface area contributed by atoms with E-state index in [0.717, 1.165) is 10.7 Å². The molecule has 27 heavy (non-hydrogen) atoms. The van der Waals surface area contributed by atoms with E-state index in [0.29, 0.717) is 5.56 Å². The van der Waals surface area contributed by atoms with Gasteiger partial charge in [-0.3, -0.25) is 9.59 Å². The molecule has 0 aliphatic carbocycles. The topological polar surface area (TPSA) is 126 Å². The molecule has 0 saturated heterocycles. The maximum Gasteiger partial charge on any atom is 0.357 e. The van der Waals surface area contributed by atoms with Gasteiger partial charge in [0.05, 0.1) is 16.8 Å². The average Bonchev–Trinajstić information content (AvgIpc) is 3.11. The second-order valence-corrected chi connectivity index (χ2v) is 6.09. The fourth-order valence-electron chi connectivity index (χ4n) is 2.86.